The molecule has 172 valence electrons. The highest BCUT2D eigenvalue weighted by Gasteiger charge is 2.18. The lowest BCUT2D eigenvalue weighted by Gasteiger charge is -2.13. The van der Waals surface area contributed by atoms with Gasteiger partial charge in [0.05, 0.1) is 28.3 Å². The van der Waals surface area contributed by atoms with Gasteiger partial charge in [-0.1, -0.05) is 54.6 Å². The van der Waals surface area contributed by atoms with Crippen LogP contribution in [0.2, 0.25) is 0 Å². The Bertz CT molecular complexity index is 1480. The highest BCUT2D eigenvalue weighted by Crippen LogP contribution is 2.37. The number of methoxy groups -OCH3 is 1. The van der Waals surface area contributed by atoms with Crippen molar-refractivity contribution < 1.29 is 22.7 Å². The summed E-state index contributed by atoms with van der Waals surface area (Å²) in [7, 11) is -2.35. The Morgan fingerprint density at radius 3 is 2.44 bits per heavy atom. The predicted molar refractivity (Wildman–Crippen MR) is 134 cm³/mol. The number of nitrogens with zero attached hydrogens (tertiary/aromatic N) is 1. The molecule has 0 aliphatic carbocycles. The zero-order valence-corrected chi connectivity index (χ0v) is 20.3. The predicted octanol–water partition coefficient (Wildman–Crippen LogP) is 5.14. The molecule has 0 heterocycles. The number of hydrogen-bond acceptors (Lipinski definition) is 6. The minimum Gasteiger partial charge on any atom is -0.493 e. The molecule has 4 aromatic rings. The van der Waals surface area contributed by atoms with Gasteiger partial charge < -0.3 is 9.47 Å². The van der Waals surface area contributed by atoms with Crippen LogP contribution in [0.15, 0.2) is 99.4 Å². The number of halogens is 1. The second kappa shape index (κ2) is 10.1. The standard InChI is InChI=1S/C25H19BrN2O5S/c1-32-23-15-17(16-27-28-34(30,31)19-10-3-2-4-11-19)14-22(26)24(23)33-25(29)21-13-7-9-18-8-5-6-12-20(18)21/h2-16,28H,1H3/b27-16-. The van der Waals surface area contributed by atoms with E-state index >= 15 is 0 Å². The minimum atomic E-state index is -3.79. The van der Waals surface area contributed by atoms with Gasteiger partial charge in [0.1, 0.15) is 0 Å². The quantitative estimate of drug-likeness (QED) is 0.152. The maximum atomic E-state index is 12.9. The summed E-state index contributed by atoms with van der Waals surface area (Å²) in [6, 6.07) is 24.1. The smallest absolute Gasteiger partial charge is 0.344 e. The molecule has 0 aliphatic heterocycles. The Labute approximate surface area is 205 Å². The van der Waals surface area contributed by atoms with Crippen molar-refractivity contribution in [3.05, 3.63) is 101 Å². The lowest BCUT2D eigenvalue weighted by molar-refractivity contribution is 0.0730. The maximum absolute atomic E-state index is 12.9. The first kappa shape index (κ1) is 23.5. The van der Waals surface area contributed by atoms with Crippen LogP contribution in [-0.4, -0.2) is 27.7 Å². The van der Waals surface area contributed by atoms with Gasteiger partial charge in [-0.3, -0.25) is 0 Å². The number of carbonyl (C=O) groups excluding carboxylic acids is 1. The fraction of sp³-hybridized carbons (Fsp3) is 0.0400. The first-order valence-corrected chi connectivity index (χ1v) is 12.3. The number of rotatable bonds is 7. The first-order chi connectivity index (χ1) is 16.4. The molecular formula is C25H19BrN2O5S. The number of benzene rings is 4. The second-order valence-electron chi connectivity index (χ2n) is 7.12. The zero-order valence-electron chi connectivity index (χ0n) is 17.9. The molecule has 7 nitrogen and oxygen atoms in total. The lowest BCUT2D eigenvalue weighted by atomic mass is 10.0. The summed E-state index contributed by atoms with van der Waals surface area (Å²) in [5, 5.41) is 5.53. The summed E-state index contributed by atoms with van der Waals surface area (Å²) < 4.78 is 36.1. The zero-order chi connectivity index (χ0) is 24.1. The van der Waals surface area contributed by atoms with Crippen LogP contribution in [0.1, 0.15) is 15.9 Å². The minimum absolute atomic E-state index is 0.0987. The number of hydrogen-bond donors (Lipinski definition) is 1. The third-order valence-electron chi connectivity index (χ3n) is 4.90. The molecule has 0 saturated carbocycles. The molecule has 34 heavy (non-hydrogen) atoms. The average molecular weight is 539 g/mol. The van der Waals surface area contributed by atoms with Gasteiger partial charge in [0.25, 0.3) is 10.0 Å². The number of ether oxygens (including phenoxy) is 2. The number of esters is 1. The molecule has 0 spiro atoms. The number of fused-ring (bicyclic) bond motifs is 1. The van der Waals surface area contributed by atoms with E-state index in [0.29, 0.717) is 15.6 Å². The van der Waals surface area contributed by atoms with Crippen LogP contribution in [-0.2, 0) is 10.0 Å². The van der Waals surface area contributed by atoms with Crippen LogP contribution in [0.5, 0.6) is 11.5 Å². The summed E-state index contributed by atoms with van der Waals surface area (Å²) in [5.41, 5.74) is 0.942. The first-order valence-electron chi connectivity index (χ1n) is 10.1. The fourth-order valence-electron chi connectivity index (χ4n) is 3.29. The van der Waals surface area contributed by atoms with Crippen molar-refractivity contribution in [2.24, 2.45) is 5.10 Å². The van der Waals surface area contributed by atoms with Crippen LogP contribution < -0.4 is 14.3 Å². The molecule has 4 rings (SSSR count). The molecule has 0 saturated heterocycles. The van der Waals surface area contributed by atoms with Gasteiger partial charge in [-0.05, 0) is 62.6 Å². The van der Waals surface area contributed by atoms with Gasteiger partial charge in [-0.25, -0.2) is 9.63 Å². The van der Waals surface area contributed by atoms with E-state index in [9.17, 15) is 13.2 Å². The van der Waals surface area contributed by atoms with Crippen molar-refractivity contribution in [2.75, 3.05) is 7.11 Å². The number of sulfonamides is 1. The summed E-state index contributed by atoms with van der Waals surface area (Å²) in [4.78, 5) is 15.2. The lowest BCUT2D eigenvalue weighted by Crippen LogP contribution is -2.18. The van der Waals surface area contributed by atoms with Crippen molar-refractivity contribution in [3.8, 4) is 11.5 Å². The molecule has 0 fully saturated rings. The second-order valence-corrected chi connectivity index (χ2v) is 9.63. The summed E-state index contributed by atoms with van der Waals surface area (Å²) in [5.74, 6) is -0.0642. The number of carbonyl (C=O) groups is 1. The van der Waals surface area contributed by atoms with Crippen LogP contribution in [0.4, 0.5) is 0 Å². The molecular weight excluding hydrogens is 520 g/mol. The summed E-state index contributed by atoms with van der Waals surface area (Å²) in [6.45, 7) is 0. The fourth-order valence-corrected chi connectivity index (χ4v) is 4.64. The normalized spacial score (nSPS) is 11.5. The Kier molecular flexibility index (Phi) is 6.95. The third kappa shape index (κ3) is 5.11. The SMILES string of the molecule is COc1cc(/C=N\NS(=O)(=O)c2ccccc2)cc(Br)c1OC(=O)c1cccc2ccccc12. The van der Waals surface area contributed by atoms with E-state index in [4.69, 9.17) is 9.47 Å². The highest BCUT2D eigenvalue weighted by atomic mass is 79.9. The molecule has 0 aliphatic rings. The molecule has 1 N–H and O–H groups in total. The van der Waals surface area contributed by atoms with Crippen LogP contribution in [0, 0.1) is 0 Å². The topological polar surface area (TPSA) is 94.1 Å². The monoisotopic (exact) mass is 538 g/mol. The number of nitrogens with one attached hydrogen (secondary N) is 1. The van der Waals surface area contributed by atoms with Gasteiger partial charge in [0.15, 0.2) is 11.5 Å². The van der Waals surface area contributed by atoms with Crippen molar-refractivity contribution in [1.29, 1.82) is 0 Å². The van der Waals surface area contributed by atoms with Crippen LogP contribution in [0.25, 0.3) is 10.8 Å². The average Bonchev–Trinajstić information content (AvgIpc) is 2.85. The van der Waals surface area contributed by atoms with Gasteiger partial charge >= 0.3 is 5.97 Å². The third-order valence-corrected chi connectivity index (χ3v) is 6.72. The van der Waals surface area contributed by atoms with Crippen molar-refractivity contribution in [2.45, 2.75) is 4.90 Å². The Morgan fingerprint density at radius 2 is 1.68 bits per heavy atom. The molecule has 0 aromatic heterocycles. The number of hydrazone groups is 1. The molecule has 4 aromatic carbocycles. The maximum Gasteiger partial charge on any atom is 0.344 e. The van der Waals surface area contributed by atoms with E-state index in [1.165, 1.54) is 25.5 Å². The molecule has 0 amide bonds. The molecule has 0 radical (unpaired) electrons. The Balaban J connectivity index is 1.56. The van der Waals surface area contributed by atoms with Crippen molar-refractivity contribution in [3.63, 3.8) is 0 Å². The highest BCUT2D eigenvalue weighted by molar-refractivity contribution is 9.10. The summed E-state index contributed by atoms with van der Waals surface area (Å²) in [6.07, 6.45) is 1.32. The van der Waals surface area contributed by atoms with E-state index in [1.54, 1.807) is 42.5 Å². The van der Waals surface area contributed by atoms with E-state index in [-0.39, 0.29) is 16.4 Å². The van der Waals surface area contributed by atoms with Crippen LogP contribution in [0.3, 0.4) is 0 Å². The van der Waals surface area contributed by atoms with Crippen molar-refractivity contribution in [1.82, 2.24) is 4.83 Å². The molecule has 0 atom stereocenters. The van der Waals surface area contributed by atoms with Gasteiger partial charge in [-0.15, -0.1) is 0 Å². The summed E-state index contributed by atoms with van der Waals surface area (Å²) >= 11 is 3.40. The van der Waals surface area contributed by atoms with E-state index in [1.807, 2.05) is 30.3 Å². The Hall–Kier alpha value is -3.69. The molecule has 0 bridgehead atoms. The van der Waals surface area contributed by atoms with Crippen molar-refractivity contribution >= 4 is 48.9 Å². The van der Waals surface area contributed by atoms with E-state index in [0.717, 1.165) is 10.8 Å². The van der Waals surface area contributed by atoms with Gasteiger partial charge in [0, 0.05) is 0 Å². The van der Waals surface area contributed by atoms with Crippen LogP contribution >= 0.6 is 15.9 Å². The van der Waals surface area contributed by atoms with E-state index in [2.05, 4.69) is 25.9 Å². The van der Waals surface area contributed by atoms with E-state index < -0.39 is 16.0 Å². The Morgan fingerprint density at radius 1 is 0.971 bits per heavy atom. The molecule has 0 unspecified atom stereocenters. The molecule has 9 heteroatoms. The van der Waals surface area contributed by atoms with Gasteiger partial charge in [-0.2, -0.15) is 13.5 Å². The van der Waals surface area contributed by atoms with Gasteiger partial charge in [0.2, 0.25) is 0 Å². The largest absolute Gasteiger partial charge is 0.493 e.